The zero-order valence-corrected chi connectivity index (χ0v) is 17.4. The summed E-state index contributed by atoms with van der Waals surface area (Å²) in [5.74, 6) is 3.21. The van der Waals surface area contributed by atoms with Crippen molar-refractivity contribution in [1.29, 1.82) is 0 Å². The third-order valence-electron chi connectivity index (χ3n) is 4.91. The van der Waals surface area contributed by atoms with Crippen LogP contribution in [0, 0.1) is 0 Å². The third-order valence-corrected chi connectivity index (χ3v) is 4.91. The predicted octanol–water partition coefficient (Wildman–Crippen LogP) is 3.76. The van der Waals surface area contributed by atoms with E-state index in [0.717, 1.165) is 22.6 Å². The molecule has 1 aliphatic heterocycles. The molecule has 0 bridgehead atoms. The number of benzene rings is 2. The van der Waals surface area contributed by atoms with Crippen LogP contribution in [0.1, 0.15) is 24.1 Å². The molecule has 0 amide bonds. The molecular formula is C22H24N4O4. The summed E-state index contributed by atoms with van der Waals surface area (Å²) in [6.07, 6.45) is 3.63. The Kier molecular flexibility index (Phi) is 5.47. The highest BCUT2D eigenvalue weighted by Crippen LogP contribution is 2.42. The predicted molar refractivity (Wildman–Crippen MR) is 113 cm³/mol. The van der Waals surface area contributed by atoms with Crippen molar-refractivity contribution in [3.05, 3.63) is 59.9 Å². The zero-order valence-electron chi connectivity index (χ0n) is 17.4. The molecule has 3 aromatic rings. The van der Waals surface area contributed by atoms with E-state index in [4.69, 9.17) is 18.9 Å². The lowest BCUT2D eigenvalue weighted by Gasteiger charge is -2.25. The fraction of sp³-hybridized carbons (Fsp3) is 0.273. The fourth-order valence-electron chi connectivity index (χ4n) is 3.51. The minimum Gasteiger partial charge on any atom is -0.494 e. The Hall–Kier alpha value is -3.68. The number of nitrogens with one attached hydrogen (secondary N) is 1. The number of allylic oxidation sites excluding steroid dienone is 1. The summed E-state index contributed by atoms with van der Waals surface area (Å²) in [4.78, 5) is 4.36. The highest BCUT2D eigenvalue weighted by atomic mass is 16.5. The second-order valence-electron chi connectivity index (χ2n) is 6.59. The van der Waals surface area contributed by atoms with E-state index in [2.05, 4.69) is 21.5 Å². The molecule has 156 valence electrons. The molecule has 0 saturated carbocycles. The average molecular weight is 408 g/mol. The van der Waals surface area contributed by atoms with Crippen molar-refractivity contribution >= 4 is 11.6 Å². The first-order valence-corrected chi connectivity index (χ1v) is 9.60. The van der Waals surface area contributed by atoms with Crippen LogP contribution in [0.5, 0.6) is 23.0 Å². The van der Waals surface area contributed by atoms with Gasteiger partial charge in [0.2, 0.25) is 11.7 Å². The van der Waals surface area contributed by atoms with Gasteiger partial charge in [-0.2, -0.15) is 10.1 Å². The number of ether oxygens (including phenoxy) is 4. The van der Waals surface area contributed by atoms with Gasteiger partial charge in [0.25, 0.3) is 0 Å². The van der Waals surface area contributed by atoms with Gasteiger partial charge < -0.3 is 24.3 Å². The highest BCUT2D eigenvalue weighted by molar-refractivity contribution is 5.77. The maximum absolute atomic E-state index is 5.55. The van der Waals surface area contributed by atoms with E-state index in [9.17, 15) is 0 Å². The number of fused-ring (bicyclic) bond motifs is 1. The summed E-state index contributed by atoms with van der Waals surface area (Å²) >= 11 is 0. The van der Waals surface area contributed by atoms with Gasteiger partial charge in [-0.05, 0) is 60.5 Å². The van der Waals surface area contributed by atoms with Crippen LogP contribution in [0.2, 0.25) is 0 Å². The Morgan fingerprint density at radius 1 is 1.00 bits per heavy atom. The van der Waals surface area contributed by atoms with Crippen molar-refractivity contribution in [2.75, 3.05) is 33.3 Å². The number of methoxy groups -OCH3 is 3. The Bertz CT molecular complexity index is 1030. The monoisotopic (exact) mass is 408 g/mol. The lowest BCUT2D eigenvalue weighted by atomic mass is 10.0. The molecule has 0 radical (unpaired) electrons. The van der Waals surface area contributed by atoms with E-state index in [1.807, 2.05) is 48.0 Å². The standard InChI is InChI=1S/C22H24N4O4/c1-5-30-16-8-6-14(7-9-16)17-12-18(26-22(25-17)23-13-24-26)15-10-19(27-2)21(29-4)20(11-15)28-3/h6-13,18H,5H2,1-4H3,(H,23,24,25)/t18-/m0/s1. The molecule has 8 nitrogen and oxygen atoms in total. The first-order valence-electron chi connectivity index (χ1n) is 9.60. The van der Waals surface area contributed by atoms with Crippen molar-refractivity contribution in [2.45, 2.75) is 13.0 Å². The van der Waals surface area contributed by atoms with E-state index >= 15 is 0 Å². The van der Waals surface area contributed by atoms with Gasteiger partial charge in [0, 0.05) is 5.70 Å². The number of rotatable bonds is 7. The molecular weight excluding hydrogens is 384 g/mol. The molecule has 1 atom stereocenters. The summed E-state index contributed by atoms with van der Waals surface area (Å²) in [5.41, 5.74) is 2.88. The van der Waals surface area contributed by atoms with Gasteiger partial charge in [-0.1, -0.05) is 0 Å². The van der Waals surface area contributed by atoms with Gasteiger partial charge in [0.15, 0.2) is 11.5 Å². The van der Waals surface area contributed by atoms with Crippen molar-refractivity contribution in [2.24, 2.45) is 0 Å². The Morgan fingerprint density at radius 3 is 2.30 bits per heavy atom. The Morgan fingerprint density at radius 2 is 1.70 bits per heavy atom. The lowest BCUT2D eigenvalue weighted by molar-refractivity contribution is 0.323. The molecule has 1 N–H and O–H groups in total. The number of aromatic nitrogens is 3. The topological polar surface area (TPSA) is 79.7 Å². The molecule has 30 heavy (non-hydrogen) atoms. The van der Waals surface area contributed by atoms with Crippen LogP contribution in [0.4, 0.5) is 5.95 Å². The van der Waals surface area contributed by atoms with Crippen molar-refractivity contribution in [1.82, 2.24) is 14.8 Å². The summed E-state index contributed by atoms with van der Waals surface area (Å²) in [6.45, 7) is 2.60. The summed E-state index contributed by atoms with van der Waals surface area (Å²) in [5, 5.41) is 7.75. The van der Waals surface area contributed by atoms with E-state index in [-0.39, 0.29) is 6.04 Å². The Labute approximate surface area is 175 Å². The SMILES string of the molecule is CCOc1ccc(C2=C[C@@H](c3cc(OC)c(OC)c(OC)c3)n3ncnc3N2)cc1. The summed E-state index contributed by atoms with van der Waals surface area (Å²) in [6, 6.07) is 11.6. The first kappa shape index (κ1) is 19.6. The van der Waals surface area contributed by atoms with Gasteiger partial charge in [-0.3, -0.25) is 0 Å². The van der Waals surface area contributed by atoms with Crippen LogP contribution >= 0.6 is 0 Å². The molecule has 0 aliphatic carbocycles. The van der Waals surface area contributed by atoms with Crippen molar-refractivity contribution in [3.63, 3.8) is 0 Å². The van der Waals surface area contributed by atoms with E-state index in [0.29, 0.717) is 29.8 Å². The molecule has 1 aliphatic rings. The number of hydrogen-bond acceptors (Lipinski definition) is 7. The van der Waals surface area contributed by atoms with Crippen LogP contribution in [-0.4, -0.2) is 42.7 Å². The van der Waals surface area contributed by atoms with Gasteiger partial charge in [0.1, 0.15) is 18.1 Å². The van der Waals surface area contributed by atoms with Crippen LogP contribution in [-0.2, 0) is 0 Å². The van der Waals surface area contributed by atoms with E-state index in [1.165, 1.54) is 6.33 Å². The van der Waals surface area contributed by atoms with Crippen LogP contribution in [0.15, 0.2) is 48.8 Å². The quantitative estimate of drug-likeness (QED) is 0.638. The number of anilines is 1. The third kappa shape index (κ3) is 3.52. The molecule has 1 aromatic heterocycles. The Balaban J connectivity index is 1.78. The maximum atomic E-state index is 5.55. The van der Waals surface area contributed by atoms with E-state index in [1.54, 1.807) is 21.3 Å². The minimum absolute atomic E-state index is 0.209. The zero-order chi connectivity index (χ0) is 21.1. The largest absolute Gasteiger partial charge is 0.494 e. The number of nitrogens with zero attached hydrogens (tertiary/aromatic N) is 3. The molecule has 2 aromatic carbocycles. The average Bonchev–Trinajstić information content (AvgIpc) is 3.27. The first-order chi connectivity index (χ1) is 14.7. The lowest BCUT2D eigenvalue weighted by Crippen LogP contribution is -2.20. The van der Waals surface area contributed by atoms with Gasteiger partial charge in [-0.25, -0.2) is 4.68 Å². The van der Waals surface area contributed by atoms with Crippen LogP contribution in [0.25, 0.3) is 5.70 Å². The molecule has 4 rings (SSSR count). The van der Waals surface area contributed by atoms with Crippen molar-refractivity contribution < 1.29 is 18.9 Å². The molecule has 2 heterocycles. The highest BCUT2D eigenvalue weighted by Gasteiger charge is 2.26. The molecule has 0 unspecified atom stereocenters. The molecule has 0 fully saturated rings. The normalized spacial score (nSPS) is 14.9. The van der Waals surface area contributed by atoms with Crippen molar-refractivity contribution in [3.8, 4) is 23.0 Å². The van der Waals surface area contributed by atoms with Crippen LogP contribution < -0.4 is 24.3 Å². The second kappa shape index (κ2) is 8.36. The molecule has 8 heteroatoms. The second-order valence-corrected chi connectivity index (χ2v) is 6.59. The van der Waals surface area contributed by atoms with Crippen LogP contribution in [0.3, 0.4) is 0 Å². The van der Waals surface area contributed by atoms with E-state index < -0.39 is 0 Å². The summed E-state index contributed by atoms with van der Waals surface area (Å²) in [7, 11) is 4.79. The number of hydrogen-bond donors (Lipinski definition) is 1. The van der Waals surface area contributed by atoms with Gasteiger partial charge in [0.05, 0.1) is 27.9 Å². The van der Waals surface area contributed by atoms with Gasteiger partial charge >= 0.3 is 0 Å². The molecule has 0 spiro atoms. The molecule has 0 saturated heterocycles. The fourth-order valence-corrected chi connectivity index (χ4v) is 3.51. The smallest absolute Gasteiger partial charge is 0.226 e. The summed E-state index contributed by atoms with van der Waals surface area (Å²) < 4.78 is 23.9. The van der Waals surface area contributed by atoms with Gasteiger partial charge in [-0.15, -0.1) is 0 Å². The maximum Gasteiger partial charge on any atom is 0.226 e. The minimum atomic E-state index is -0.209.